The van der Waals surface area contributed by atoms with Gasteiger partial charge in [0, 0.05) is 12.8 Å². The van der Waals surface area contributed by atoms with E-state index in [2.05, 4.69) is 41.5 Å². The first-order chi connectivity index (χ1) is 14.5. The van der Waals surface area contributed by atoms with Crippen LogP contribution in [0.25, 0.3) is 0 Å². The molecule has 31 heavy (non-hydrogen) atoms. The standard InChI is InChI=1S/C28H48O3/c1-16(2)17(3)25(30)26(31)18(4)22-9-10-23-21-8-7-19-15-20(29)11-13-27(19,5)24(21)12-14-28(22,23)6/h16-19,21-26,30-31H,7-15H2,1-6H3/t17-,18-,19?,21?,22+,23?,24?,25+,26+,27-,28+/m0/s1. The molecule has 11 atom stereocenters. The molecular formula is C28H48O3. The van der Waals surface area contributed by atoms with E-state index in [0.717, 1.165) is 37.0 Å². The van der Waals surface area contributed by atoms with Crippen LogP contribution in [0.2, 0.25) is 0 Å². The molecule has 0 amide bonds. The number of ketones is 1. The van der Waals surface area contributed by atoms with Gasteiger partial charge in [-0.25, -0.2) is 0 Å². The molecule has 0 aromatic heterocycles. The Hall–Kier alpha value is -0.410. The lowest BCUT2D eigenvalue weighted by atomic mass is 9.44. The summed E-state index contributed by atoms with van der Waals surface area (Å²) in [5.74, 6) is 4.57. The van der Waals surface area contributed by atoms with Gasteiger partial charge in [0.15, 0.2) is 0 Å². The first-order valence-electron chi connectivity index (χ1n) is 13.4. The van der Waals surface area contributed by atoms with Crippen LogP contribution in [0.1, 0.15) is 99.3 Å². The lowest BCUT2D eigenvalue weighted by molar-refractivity contribution is -0.143. The number of rotatable bonds is 5. The third-order valence-corrected chi connectivity index (χ3v) is 11.7. The zero-order chi connectivity index (χ0) is 22.7. The van der Waals surface area contributed by atoms with E-state index in [9.17, 15) is 15.0 Å². The normalized spacial score (nSPS) is 46.6. The van der Waals surface area contributed by atoms with Crippen LogP contribution >= 0.6 is 0 Å². The van der Waals surface area contributed by atoms with E-state index in [-0.39, 0.29) is 17.3 Å². The first-order valence-corrected chi connectivity index (χ1v) is 13.4. The van der Waals surface area contributed by atoms with Gasteiger partial charge in [-0.15, -0.1) is 0 Å². The summed E-state index contributed by atoms with van der Waals surface area (Å²) in [5, 5.41) is 22.0. The van der Waals surface area contributed by atoms with Crippen molar-refractivity contribution in [3.05, 3.63) is 0 Å². The quantitative estimate of drug-likeness (QED) is 0.572. The SMILES string of the molecule is CC(C)[C@H](C)[C@@H](O)[C@H](O)[C@@H](C)[C@H]1CCC2C3CCC4CC(=O)CC[C@]4(C)C3CC[C@@]21C. The van der Waals surface area contributed by atoms with Crippen molar-refractivity contribution in [2.24, 2.45) is 58.2 Å². The Morgan fingerprint density at radius 1 is 0.839 bits per heavy atom. The third kappa shape index (κ3) is 3.74. The average Bonchev–Trinajstić information content (AvgIpc) is 3.09. The van der Waals surface area contributed by atoms with Crippen LogP contribution in [0.3, 0.4) is 0 Å². The number of aliphatic hydroxyl groups excluding tert-OH is 2. The molecule has 4 aliphatic carbocycles. The molecule has 0 saturated heterocycles. The molecule has 0 aromatic rings. The second-order valence-electron chi connectivity index (χ2n) is 13.1. The summed E-state index contributed by atoms with van der Waals surface area (Å²) in [6.45, 7) is 13.6. The van der Waals surface area contributed by atoms with Crippen LogP contribution in [-0.2, 0) is 4.79 Å². The van der Waals surface area contributed by atoms with E-state index >= 15 is 0 Å². The van der Waals surface area contributed by atoms with E-state index in [4.69, 9.17) is 0 Å². The fourth-order valence-electron chi connectivity index (χ4n) is 9.20. The van der Waals surface area contributed by atoms with Crippen LogP contribution in [0.4, 0.5) is 0 Å². The molecule has 0 heterocycles. The molecule has 4 rings (SSSR count). The maximum Gasteiger partial charge on any atom is 0.133 e. The van der Waals surface area contributed by atoms with Gasteiger partial charge in [0.05, 0.1) is 12.2 Å². The topological polar surface area (TPSA) is 57.5 Å². The predicted octanol–water partition coefficient (Wildman–Crippen LogP) is 5.86. The molecule has 0 bridgehead atoms. The van der Waals surface area contributed by atoms with E-state index in [0.29, 0.717) is 29.0 Å². The lowest BCUT2D eigenvalue weighted by Crippen LogP contribution is -2.54. The molecule has 0 spiro atoms. The fourth-order valence-corrected chi connectivity index (χ4v) is 9.20. The zero-order valence-corrected chi connectivity index (χ0v) is 20.9. The second-order valence-corrected chi connectivity index (χ2v) is 13.1. The monoisotopic (exact) mass is 432 g/mol. The number of aliphatic hydroxyl groups is 2. The van der Waals surface area contributed by atoms with Crippen LogP contribution in [0, 0.1) is 58.2 Å². The largest absolute Gasteiger partial charge is 0.390 e. The highest BCUT2D eigenvalue weighted by molar-refractivity contribution is 5.79. The molecule has 0 aromatic carbocycles. The molecule has 178 valence electrons. The van der Waals surface area contributed by atoms with Gasteiger partial charge in [0.1, 0.15) is 5.78 Å². The Kier molecular flexibility index (Phi) is 6.45. The van der Waals surface area contributed by atoms with Crippen molar-refractivity contribution in [3.8, 4) is 0 Å². The number of Topliss-reactive ketones (excluding diaryl/α,β-unsaturated/α-hetero) is 1. The summed E-state index contributed by atoms with van der Waals surface area (Å²) >= 11 is 0. The lowest BCUT2D eigenvalue weighted by Gasteiger charge is -2.60. The van der Waals surface area contributed by atoms with E-state index in [1.807, 2.05) is 0 Å². The van der Waals surface area contributed by atoms with Crippen LogP contribution in [0.5, 0.6) is 0 Å². The van der Waals surface area contributed by atoms with Gasteiger partial charge in [-0.3, -0.25) is 4.79 Å². The van der Waals surface area contributed by atoms with E-state index in [1.165, 1.54) is 38.5 Å². The number of hydrogen-bond donors (Lipinski definition) is 2. The van der Waals surface area contributed by atoms with E-state index < -0.39 is 12.2 Å². The van der Waals surface area contributed by atoms with Crippen molar-refractivity contribution in [2.75, 3.05) is 0 Å². The molecule has 4 fully saturated rings. The zero-order valence-electron chi connectivity index (χ0n) is 20.9. The van der Waals surface area contributed by atoms with Crippen molar-refractivity contribution in [2.45, 2.75) is 112 Å². The second kappa shape index (κ2) is 8.42. The van der Waals surface area contributed by atoms with Gasteiger partial charge in [0.25, 0.3) is 0 Å². The predicted molar refractivity (Wildman–Crippen MR) is 125 cm³/mol. The Balaban J connectivity index is 1.51. The fraction of sp³-hybridized carbons (Fsp3) is 0.964. The minimum atomic E-state index is -0.636. The van der Waals surface area contributed by atoms with E-state index in [1.54, 1.807) is 0 Å². The summed E-state index contributed by atoms with van der Waals surface area (Å²) in [6, 6.07) is 0. The molecule has 0 radical (unpaired) electrons. The van der Waals surface area contributed by atoms with Crippen molar-refractivity contribution < 1.29 is 15.0 Å². The molecule has 3 nitrogen and oxygen atoms in total. The summed E-state index contributed by atoms with van der Waals surface area (Å²) in [5.41, 5.74) is 0.653. The van der Waals surface area contributed by atoms with Crippen LogP contribution in [0.15, 0.2) is 0 Å². The van der Waals surface area contributed by atoms with Crippen molar-refractivity contribution in [1.29, 1.82) is 0 Å². The van der Waals surface area contributed by atoms with Gasteiger partial charge >= 0.3 is 0 Å². The highest BCUT2D eigenvalue weighted by Gasteiger charge is 2.61. The maximum absolute atomic E-state index is 12.1. The van der Waals surface area contributed by atoms with Gasteiger partial charge in [-0.1, -0.05) is 41.5 Å². The van der Waals surface area contributed by atoms with Crippen molar-refractivity contribution in [3.63, 3.8) is 0 Å². The molecule has 2 N–H and O–H groups in total. The third-order valence-electron chi connectivity index (χ3n) is 11.7. The number of carbonyl (C=O) groups excluding carboxylic acids is 1. The molecule has 0 aliphatic heterocycles. The highest BCUT2D eigenvalue weighted by atomic mass is 16.3. The summed E-state index contributed by atoms with van der Waals surface area (Å²) in [7, 11) is 0. The molecule has 4 aliphatic rings. The Labute approximate surface area is 190 Å². The van der Waals surface area contributed by atoms with Gasteiger partial charge < -0.3 is 10.2 Å². The maximum atomic E-state index is 12.1. The summed E-state index contributed by atoms with van der Waals surface area (Å²) in [6.07, 6.45) is 9.05. The summed E-state index contributed by atoms with van der Waals surface area (Å²) in [4.78, 5) is 12.1. The Morgan fingerprint density at radius 2 is 1.52 bits per heavy atom. The van der Waals surface area contributed by atoms with Gasteiger partial charge in [-0.2, -0.15) is 0 Å². The minimum absolute atomic E-state index is 0.113. The minimum Gasteiger partial charge on any atom is -0.390 e. The smallest absolute Gasteiger partial charge is 0.133 e. The van der Waals surface area contributed by atoms with Crippen molar-refractivity contribution in [1.82, 2.24) is 0 Å². The first kappa shape index (κ1) is 23.7. The average molecular weight is 433 g/mol. The van der Waals surface area contributed by atoms with Crippen LogP contribution < -0.4 is 0 Å². The Morgan fingerprint density at radius 3 is 2.19 bits per heavy atom. The molecule has 4 saturated carbocycles. The number of fused-ring (bicyclic) bond motifs is 5. The molecule has 4 unspecified atom stereocenters. The summed E-state index contributed by atoms with van der Waals surface area (Å²) < 4.78 is 0. The Bertz CT molecular complexity index is 673. The van der Waals surface area contributed by atoms with Gasteiger partial charge in [-0.05, 0) is 103 Å². The van der Waals surface area contributed by atoms with Gasteiger partial charge in [0.2, 0.25) is 0 Å². The van der Waals surface area contributed by atoms with Crippen LogP contribution in [-0.4, -0.2) is 28.2 Å². The number of hydrogen-bond acceptors (Lipinski definition) is 3. The van der Waals surface area contributed by atoms with Crippen molar-refractivity contribution >= 4 is 5.78 Å². The highest BCUT2D eigenvalue weighted by Crippen LogP contribution is 2.68. The molecular weight excluding hydrogens is 384 g/mol. The number of carbonyl (C=O) groups is 1. The molecule has 3 heteroatoms.